The highest BCUT2D eigenvalue weighted by atomic mass is 16.1. The number of ketones is 1. The fraction of sp³-hybridized carbons (Fsp3) is 0.923. The molecule has 15 heavy (non-hydrogen) atoms. The summed E-state index contributed by atoms with van der Waals surface area (Å²) in [5, 5.41) is 0. The Balaban J connectivity index is 2.27. The highest BCUT2D eigenvalue weighted by Crippen LogP contribution is 2.34. The van der Waals surface area contributed by atoms with Crippen LogP contribution < -0.4 is 0 Å². The summed E-state index contributed by atoms with van der Waals surface area (Å²) >= 11 is 0. The van der Waals surface area contributed by atoms with E-state index in [0.29, 0.717) is 11.2 Å². The van der Waals surface area contributed by atoms with Gasteiger partial charge in [0.25, 0.3) is 0 Å². The SMILES string of the molecule is CC(=O)CCN1CCC(C(C)(C)C)CC1. The molecule has 0 saturated carbocycles. The van der Waals surface area contributed by atoms with E-state index in [4.69, 9.17) is 0 Å². The molecule has 0 aromatic rings. The van der Waals surface area contributed by atoms with Crippen LogP contribution in [0.5, 0.6) is 0 Å². The lowest BCUT2D eigenvalue weighted by Gasteiger charge is -2.38. The number of piperidine rings is 1. The van der Waals surface area contributed by atoms with E-state index in [9.17, 15) is 4.79 Å². The third kappa shape index (κ3) is 4.33. The molecule has 0 spiro atoms. The van der Waals surface area contributed by atoms with E-state index in [1.807, 2.05) is 0 Å². The number of hydrogen-bond acceptors (Lipinski definition) is 2. The zero-order valence-electron chi connectivity index (χ0n) is 10.7. The van der Waals surface area contributed by atoms with E-state index < -0.39 is 0 Å². The molecule has 1 aliphatic heterocycles. The van der Waals surface area contributed by atoms with E-state index >= 15 is 0 Å². The van der Waals surface area contributed by atoms with Crippen molar-refractivity contribution in [1.29, 1.82) is 0 Å². The molecule has 1 rings (SSSR count). The fourth-order valence-corrected chi connectivity index (χ4v) is 2.34. The molecular weight excluding hydrogens is 186 g/mol. The Kier molecular flexibility index (Phi) is 4.32. The van der Waals surface area contributed by atoms with Gasteiger partial charge in [-0.25, -0.2) is 0 Å². The van der Waals surface area contributed by atoms with E-state index in [-0.39, 0.29) is 0 Å². The third-order valence-corrected chi connectivity index (χ3v) is 3.59. The second-order valence-electron chi connectivity index (χ2n) is 5.93. The first-order valence-electron chi connectivity index (χ1n) is 6.11. The molecule has 0 bridgehead atoms. The number of nitrogens with zero attached hydrogens (tertiary/aromatic N) is 1. The lowest BCUT2D eigenvalue weighted by atomic mass is 9.75. The van der Waals surface area contributed by atoms with Gasteiger partial charge in [0.2, 0.25) is 0 Å². The lowest BCUT2D eigenvalue weighted by molar-refractivity contribution is -0.117. The number of likely N-dealkylation sites (tertiary alicyclic amines) is 1. The second kappa shape index (κ2) is 5.11. The Morgan fingerprint density at radius 3 is 2.20 bits per heavy atom. The van der Waals surface area contributed by atoms with Crippen LogP contribution in [0.2, 0.25) is 0 Å². The summed E-state index contributed by atoms with van der Waals surface area (Å²) in [7, 11) is 0. The fourth-order valence-electron chi connectivity index (χ4n) is 2.34. The number of rotatable bonds is 3. The molecule has 0 unspecified atom stereocenters. The monoisotopic (exact) mass is 211 g/mol. The summed E-state index contributed by atoms with van der Waals surface area (Å²) in [5.74, 6) is 1.17. The predicted octanol–water partition coefficient (Wildman–Crippen LogP) is 2.72. The molecule has 0 N–H and O–H groups in total. The Morgan fingerprint density at radius 1 is 1.27 bits per heavy atom. The summed E-state index contributed by atoms with van der Waals surface area (Å²) in [4.78, 5) is 13.3. The molecule has 0 atom stereocenters. The summed E-state index contributed by atoms with van der Waals surface area (Å²) < 4.78 is 0. The molecule has 88 valence electrons. The van der Waals surface area contributed by atoms with Crippen LogP contribution in [0, 0.1) is 11.3 Å². The van der Waals surface area contributed by atoms with Gasteiger partial charge in [-0.2, -0.15) is 0 Å². The molecule has 2 nitrogen and oxygen atoms in total. The molecule has 1 aliphatic rings. The van der Waals surface area contributed by atoms with Crippen LogP contribution in [0.3, 0.4) is 0 Å². The van der Waals surface area contributed by atoms with E-state index in [1.165, 1.54) is 25.9 Å². The summed E-state index contributed by atoms with van der Waals surface area (Å²) in [6.45, 7) is 12.0. The van der Waals surface area contributed by atoms with Crippen molar-refractivity contribution in [2.75, 3.05) is 19.6 Å². The molecule has 0 aliphatic carbocycles. The van der Waals surface area contributed by atoms with Crippen molar-refractivity contribution >= 4 is 5.78 Å². The largest absolute Gasteiger partial charge is 0.303 e. The molecular formula is C13H25NO. The molecule has 0 radical (unpaired) electrons. The van der Waals surface area contributed by atoms with Gasteiger partial charge in [-0.05, 0) is 44.2 Å². The molecule has 0 aromatic heterocycles. The van der Waals surface area contributed by atoms with E-state index in [1.54, 1.807) is 6.92 Å². The van der Waals surface area contributed by atoms with Gasteiger partial charge in [0.05, 0.1) is 0 Å². The molecule has 1 saturated heterocycles. The second-order valence-corrected chi connectivity index (χ2v) is 5.93. The number of hydrogen-bond donors (Lipinski definition) is 0. The van der Waals surface area contributed by atoms with Gasteiger partial charge in [-0.1, -0.05) is 20.8 Å². The summed E-state index contributed by atoms with van der Waals surface area (Å²) in [6.07, 6.45) is 3.31. The molecule has 2 heteroatoms. The van der Waals surface area contributed by atoms with Crippen molar-refractivity contribution in [1.82, 2.24) is 4.90 Å². The van der Waals surface area contributed by atoms with Crippen LogP contribution in [0.25, 0.3) is 0 Å². The summed E-state index contributed by atoms with van der Waals surface area (Å²) in [6, 6.07) is 0. The van der Waals surface area contributed by atoms with Gasteiger partial charge in [-0.3, -0.25) is 4.79 Å². The van der Waals surface area contributed by atoms with E-state index in [0.717, 1.165) is 18.9 Å². The van der Waals surface area contributed by atoms with Crippen molar-refractivity contribution in [3.05, 3.63) is 0 Å². The summed E-state index contributed by atoms with van der Waals surface area (Å²) in [5.41, 5.74) is 0.451. The first kappa shape index (κ1) is 12.7. The van der Waals surface area contributed by atoms with Crippen molar-refractivity contribution in [3.8, 4) is 0 Å². The number of carbonyl (C=O) groups is 1. The van der Waals surface area contributed by atoms with Gasteiger partial charge in [0.15, 0.2) is 0 Å². The Hall–Kier alpha value is -0.370. The Morgan fingerprint density at radius 2 is 1.80 bits per heavy atom. The Bertz CT molecular complexity index is 209. The maximum Gasteiger partial charge on any atom is 0.131 e. The topological polar surface area (TPSA) is 20.3 Å². The quantitative estimate of drug-likeness (QED) is 0.715. The first-order valence-corrected chi connectivity index (χ1v) is 6.11. The van der Waals surface area contributed by atoms with Crippen LogP contribution in [0.1, 0.15) is 47.0 Å². The zero-order chi connectivity index (χ0) is 11.5. The molecule has 0 aromatic carbocycles. The van der Waals surface area contributed by atoms with Gasteiger partial charge in [0, 0.05) is 13.0 Å². The number of carbonyl (C=O) groups excluding carboxylic acids is 1. The van der Waals surface area contributed by atoms with Crippen molar-refractivity contribution in [2.45, 2.75) is 47.0 Å². The van der Waals surface area contributed by atoms with Crippen LogP contribution in [-0.4, -0.2) is 30.3 Å². The van der Waals surface area contributed by atoms with E-state index in [2.05, 4.69) is 25.7 Å². The standard InChI is InChI=1S/C13H25NO/c1-11(15)5-8-14-9-6-12(7-10-14)13(2,3)4/h12H,5-10H2,1-4H3. The van der Waals surface area contributed by atoms with Gasteiger partial charge in [0.1, 0.15) is 5.78 Å². The van der Waals surface area contributed by atoms with Crippen LogP contribution in [0.15, 0.2) is 0 Å². The van der Waals surface area contributed by atoms with Gasteiger partial charge >= 0.3 is 0 Å². The lowest BCUT2D eigenvalue weighted by Crippen LogP contribution is -2.38. The minimum absolute atomic E-state index is 0.313. The molecule has 0 amide bonds. The normalized spacial score (nSPS) is 20.5. The smallest absolute Gasteiger partial charge is 0.131 e. The minimum Gasteiger partial charge on any atom is -0.303 e. The van der Waals surface area contributed by atoms with Crippen molar-refractivity contribution in [3.63, 3.8) is 0 Å². The maximum atomic E-state index is 10.9. The van der Waals surface area contributed by atoms with Crippen LogP contribution >= 0.6 is 0 Å². The molecule has 1 fully saturated rings. The minimum atomic E-state index is 0.313. The molecule has 1 heterocycles. The zero-order valence-corrected chi connectivity index (χ0v) is 10.7. The Labute approximate surface area is 94.0 Å². The van der Waals surface area contributed by atoms with Crippen molar-refractivity contribution in [2.24, 2.45) is 11.3 Å². The van der Waals surface area contributed by atoms with Crippen LogP contribution in [-0.2, 0) is 4.79 Å². The number of Topliss-reactive ketones (excluding diaryl/α,β-unsaturated/α-hetero) is 1. The highest BCUT2D eigenvalue weighted by molar-refractivity contribution is 5.75. The van der Waals surface area contributed by atoms with Gasteiger partial charge in [-0.15, -0.1) is 0 Å². The van der Waals surface area contributed by atoms with Gasteiger partial charge < -0.3 is 4.90 Å². The first-order chi connectivity index (χ1) is 6.89. The van der Waals surface area contributed by atoms with Crippen LogP contribution in [0.4, 0.5) is 0 Å². The third-order valence-electron chi connectivity index (χ3n) is 3.59. The van der Waals surface area contributed by atoms with Crippen molar-refractivity contribution < 1.29 is 4.79 Å². The average molecular weight is 211 g/mol. The average Bonchev–Trinajstić information content (AvgIpc) is 2.14. The highest BCUT2D eigenvalue weighted by Gasteiger charge is 2.28. The predicted molar refractivity (Wildman–Crippen MR) is 63.9 cm³/mol. The maximum absolute atomic E-state index is 10.9.